The summed E-state index contributed by atoms with van der Waals surface area (Å²) >= 11 is 7.77. The maximum absolute atomic E-state index is 17.2. The lowest BCUT2D eigenvalue weighted by atomic mass is 9.95. The Bertz CT molecular complexity index is 2110. The molecule has 1 amide bonds. The second-order valence-corrected chi connectivity index (χ2v) is 16.5. The number of carbonyl (C=O) groups is 1. The van der Waals surface area contributed by atoms with Crippen LogP contribution in [-0.2, 0) is 4.74 Å². The number of piperazine rings is 1. The summed E-state index contributed by atoms with van der Waals surface area (Å²) in [6.07, 6.45) is 2.36. The lowest BCUT2D eigenvalue weighted by Gasteiger charge is -2.34. The van der Waals surface area contributed by atoms with E-state index in [2.05, 4.69) is 31.5 Å². The lowest BCUT2D eigenvalue weighted by Crippen LogP contribution is -2.51. The minimum absolute atomic E-state index is 0.0155. The zero-order valence-corrected chi connectivity index (χ0v) is 30.0. The second-order valence-electron chi connectivity index (χ2n) is 15.0. The van der Waals surface area contributed by atoms with Crippen molar-refractivity contribution in [2.75, 3.05) is 43.0 Å². The molecule has 4 aliphatic rings. The molecule has 8 rings (SSSR count). The number of amides is 1. The first-order valence-electron chi connectivity index (χ1n) is 17.2. The van der Waals surface area contributed by atoms with Crippen molar-refractivity contribution in [1.82, 2.24) is 20.2 Å². The Morgan fingerprint density at radius 1 is 1.22 bits per heavy atom. The summed E-state index contributed by atoms with van der Waals surface area (Å²) in [5.74, 6) is -0.960. The van der Waals surface area contributed by atoms with E-state index in [1.165, 1.54) is 12.1 Å². The van der Waals surface area contributed by atoms with Crippen LogP contribution >= 0.6 is 22.9 Å². The topological polar surface area (TPSA) is 116 Å². The van der Waals surface area contributed by atoms with Gasteiger partial charge in [-0.15, -0.1) is 11.3 Å². The fraction of sp³-hybridized carbons (Fsp3) is 0.500. The molecule has 4 saturated heterocycles. The SMILES string of the molecule is CC(C)(C)OC(=O)Nc1sc2c(F)ccc(-c3c(Cl)cc4c(N5CC6CCC(C5)N6)nc(OC[C@@]56CCCN5C[C@H](F)C6)nc4c3F)c2c1C#N. The van der Waals surface area contributed by atoms with Gasteiger partial charge in [-0.2, -0.15) is 15.2 Å². The number of hydrogen-bond donors (Lipinski definition) is 2. The van der Waals surface area contributed by atoms with Gasteiger partial charge in [0.25, 0.3) is 0 Å². The summed E-state index contributed by atoms with van der Waals surface area (Å²) < 4.78 is 58.8. The quantitative estimate of drug-likeness (QED) is 0.207. The van der Waals surface area contributed by atoms with E-state index < -0.39 is 35.0 Å². The summed E-state index contributed by atoms with van der Waals surface area (Å²) in [5.41, 5.74) is -1.31. The molecular formula is C36H37ClF3N7O3S. The number of halogens is 4. The second kappa shape index (κ2) is 12.6. The molecule has 0 radical (unpaired) electrons. The van der Waals surface area contributed by atoms with Crippen LogP contribution in [0.4, 0.5) is 28.8 Å². The van der Waals surface area contributed by atoms with Gasteiger partial charge in [-0.1, -0.05) is 17.7 Å². The summed E-state index contributed by atoms with van der Waals surface area (Å²) in [4.78, 5) is 26.3. The van der Waals surface area contributed by atoms with Crippen LogP contribution in [0.15, 0.2) is 18.2 Å². The first-order chi connectivity index (χ1) is 24.3. The van der Waals surface area contributed by atoms with Crippen molar-refractivity contribution in [2.45, 2.75) is 82.3 Å². The Hall–Kier alpha value is -3.90. The fourth-order valence-electron chi connectivity index (χ4n) is 8.30. The highest BCUT2D eigenvalue weighted by Crippen LogP contribution is 2.47. The minimum atomic E-state index is -0.941. The van der Waals surface area contributed by atoms with Crippen LogP contribution in [0, 0.1) is 23.0 Å². The van der Waals surface area contributed by atoms with Gasteiger partial charge in [-0.3, -0.25) is 10.2 Å². The van der Waals surface area contributed by atoms with Gasteiger partial charge < -0.3 is 19.7 Å². The molecule has 0 aliphatic carbocycles. The van der Waals surface area contributed by atoms with Crippen molar-refractivity contribution in [1.29, 1.82) is 5.26 Å². The number of nitrogens with one attached hydrogen (secondary N) is 2. The summed E-state index contributed by atoms with van der Waals surface area (Å²) in [7, 11) is 0. The Morgan fingerprint density at radius 2 is 1.98 bits per heavy atom. The van der Waals surface area contributed by atoms with E-state index in [-0.39, 0.29) is 67.0 Å². The van der Waals surface area contributed by atoms with Crippen LogP contribution in [0.5, 0.6) is 6.01 Å². The monoisotopic (exact) mass is 739 g/mol. The smallest absolute Gasteiger partial charge is 0.412 e. The average molecular weight is 740 g/mol. The Balaban J connectivity index is 1.26. The number of nitriles is 1. The predicted molar refractivity (Wildman–Crippen MR) is 191 cm³/mol. The number of benzene rings is 2. The average Bonchev–Trinajstić information content (AvgIpc) is 3.80. The molecule has 51 heavy (non-hydrogen) atoms. The van der Waals surface area contributed by atoms with E-state index in [0.717, 1.165) is 43.6 Å². The van der Waals surface area contributed by atoms with Gasteiger partial charge in [-0.05, 0) is 70.7 Å². The van der Waals surface area contributed by atoms with E-state index in [4.69, 9.17) is 26.1 Å². The summed E-state index contributed by atoms with van der Waals surface area (Å²) in [5, 5.41) is 17.0. The molecule has 2 N–H and O–H groups in total. The molecule has 4 aromatic rings. The van der Waals surface area contributed by atoms with Crippen LogP contribution in [-0.4, -0.2) is 83.1 Å². The molecule has 2 aromatic carbocycles. The highest BCUT2D eigenvalue weighted by atomic mass is 35.5. The van der Waals surface area contributed by atoms with Crippen molar-refractivity contribution < 1.29 is 27.4 Å². The van der Waals surface area contributed by atoms with Gasteiger partial charge in [0.05, 0.1) is 20.8 Å². The predicted octanol–water partition coefficient (Wildman–Crippen LogP) is 7.56. The number of anilines is 2. The molecule has 10 nitrogen and oxygen atoms in total. The van der Waals surface area contributed by atoms with Crippen LogP contribution in [0.25, 0.3) is 32.1 Å². The van der Waals surface area contributed by atoms with E-state index in [1.54, 1.807) is 26.8 Å². The number of hydrogen-bond acceptors (Lipinski definition) is 10. The number of aromatic nitrogens is 2. The van der Waals surface area contributed by atoms with Crippen LogP contribution in [0.1, 0.15) is 58.4 Å². The number of rotatable bonds is 6. The molecule has 2 unspecified atom stereocenters. The van der Waals surface area contributed by atoms with E-state index in [1.807, 2.05) is 0 Å². The van der Waals surface area contributed by atoms with Crippen LogP contribution in [0.2, 0.25) is 5.02 Å². The number of nitrogens with zero attached hydrogens (tertiary/aromatic N) is 5. The Labute approximate surface area is 301 Å². The normalized spacial score (nSPS) is 24.7. The number of ether oxygens (including phenoxy) is 2. The minimum Gasteiger partial charge on any atom is -0.461 e. The number of alkyl halides is 1. The molecule has 2 bridgehead atoms. The van der Waals surface area contributed by atoms with Gasteiger partial charge in [0.2, 0.25) is 0 Å². The third-order valence-electron chi connectivity index (χ3n) is 10.4. The zero-order valence-electron chi connectivity index (χ0n) is 28.4. The third kappa shape index (κ3) is 6.11. The molecule has 6 heterocycles. The van der Waals surface area contributed by atoms with E-state index in [9.17, 15) is 14.4 Å². The highest BCUT2D eigenvalue weighted by molar-refractivity contribution is 7.23. The van der Waals surface area contributed by atoms with Crippen LogP contribution < -0.4 is 20.3 Å². The summed E-state index contributed by atoms with van der Waals surface area (Å²) in [6, 6.07) is 6.69. The number of thiophene rings is 1. The Morgan fingerprint density at radius 3 is 2.71 bits per heavy atom. The molecule has 0 spiro atoms. The van der Waals surface area contributed by atoms with Crippen LogP contribution in [0.3, 0.4) is 0 Å². The highest BCUT2D eigenvalue weighted by Gasteiger charge is 2.49. The van der Waals surface area contributed by atoms with Crippen molar-refractivity contribution >= 4 is 60.8 Å². The number of carbonyl (C=O) groups excluding carboxylic acids is 1. The van der Waals surface area contributed by atoms with Crippen molar-refractivity contribution in [3.8, 4) is 23.2 Å². The van der Waals surface area contributed by atoms with Crippen molar-refractivity contribution in [3.63, 3.8) is 0 Å². The third-order valence-corrected chi connectivity index (χ3v) is 11.8. The molecule has 4 atom stereocenters. The summed E-state index contributed by atoms with van der Waals surface area (Å²) in [6.45, 7) is 7.71. The van der Waals surface area contributed by atoms with Gasteiger partial charge in [0, 0.05) is 54.5 Å². The van der Waals surface area contributed by atoms with Gasteiger partial charge in [-0.25, -0.2) is 18.0 Å². The van der Waals surface area contributed by atoms with E-state index >= 15 is 8.78 Å². The van der Waals surface area contributed by atoms with Gasteiger partial charge in [0.1, 0.15) is 46.6 Å². The number of fused-ring (bicyclic) bond motifs is 5. The molecule has 0 saturated carbocycles. The fourth-order valence-corrected chi connectivity index (χ4v) is 9.66. The van der Waals surface area contributed by atoms with Crippen molar-refractivity contribution in [2.24, 2.45) is 0 Å². The van der Waals surface area contributed by atoms with Crippen molar-refractivity contribution in [3.05, 3.63) is 40.4 Å². The molecule has 4 fully saturated rings. The molecular weight excluding hydrogens is 703 g/mol. The first kappa shape index (κ1) is 34.2. The standard InChI is InChI=1S/C36H37ClF3N7O3S/c1-35(2,3)50-34(48)45-32-23(13-41)26-21(7-8-25(39)30(26)51-32)27-24(37)11-22-29(28(27)40)43-33(44-31(22)46-15-19-5-6-20(16-46)42-19)49-17-36-9-4-10-47(36)14-18(38)12-36/h7-8,11,18-20,42H,4-6,9-10,12,14-17H2,1-3H3,(H,45,48)/t18-,19?,20?,36+/m1/s1. The Kier molecular flexibility index (Phi) is 8.48. The van der Waals surface area contributed by atoms with E-state index in [0.29, 0.717) is 37.3 Å². The molecule has 268 valence electrons. The maximum atomic E-state index is 17.2. The largest absolute Gasteiger partial charge is 0.461 e. The van der Waals surface area contributed by atoms with Gasteiger partial charge in [0.15, 0.2) is 5.82 Å². The molecule has 15 heteroatoms. The molecule has 2 aromatic heterocycles. The first-order valence-corrected chi connectivity index (χ1v) is 18.4. The maximum Gasteiger partial charge on any atom is 0.412 e. The lowest BCUT2D eigenvalue weighted by molar-refractivity contribution is 0.0636. The van der Waals surface area contributed by atoms with Gasteiger partial charge >= 0.3 is 12.1 Å². The molecule has 4 aliphatic heterocycles. The zero-order chi connectivity index (χ0) is 35.8.